The van der Waals surface area contributed by atoms with Crippen molar-refractivity contribution in [3.05, 3.63) is 85.0 Å². The van der Waals surface area contributed by atoms with Crippen molar-refractivity contribution in [1.29, 1.82) is 0 Å². The highest BCUT2D eigenvalue weighted by Gasteiger charge is 1.82. The highest BCUT2D eigenvalue weighted by Crippen LogP contribution is 1.93. The number of nitrogens with zero attached hydrogens (tertiary/aromatic N) is 4. The van der Waals surface area contributed by atoms with Crippen LogP contribution in [0.4, 0.5) is 0 Å². The molecular formula is C16H18N4. The molecule has 0 amide bonds. The summed E-state index contributed by atoms with van der Waals surface area (Å²) in [6, 6.07) is 11.7. The van der Waals surface area contributed by atoms with E-state index in [9.17, 15) is 0 Å². The molecule has 102 valence electrons. The minimum absolute atomic E-state index is 1.09. The van der Waals surface area contributed by atoms with E-state index in [1.54, 1.807) is 37.2 Å². The largest absolute Gasteiger partial charge is 0.265 e. The lowest BCUT2D eigenvalue weighted by Gasteiger charge is -1.90. The van der Waals surface area contributed by atoms with E-state index in [-0.39, 0.29) is 0 Å². The quantitative estimate of drug-likeness (QED) is 0.626. The maximum atomic E-state index is 4.17. The van der Waals surface area contributed by atoms with Crippen molar-refractivity contribution >= 4 is 0 Å². The van der Waals surface area contributed by atoms with E-state index in [1.807, 2.05) is 50.2 Å². The fraction of sp³-hybridized carbons (Fsp3) is 0.125. The molecule has 0 saturated carbocycles. The van der Waals surface area contributed by atoms with Crippen LogP contribution in [-0.4, -0.2) is 19.9 Å². The summed E-state index contributed by atoms with van der Waals surface area (Å²) in [5, 5.41) is 0. The van der Waals surface area contributed by atoms with E-state index < -0.39 is 0 Å². The zero-order valence-electron chi connectivity index (χ0n) is 11.7. The van der Waals surface area contributed by atoms with Crippen LogP contribution < -0.4 is 0 Å². The summed E-state index contributed by atoms with van der Waals surface area (Å²) in [5.74, 6) is 0. The zero-order chi connectivity index (χ0) is 14.5. The highest BCUT2D eigenvalue weighted by molar-refractivity contribution is 5.07. The lowest BCUT2D eigenvalue weighted by atomic mass is 10.3. The van der Waals surface area contributed by atoms with E-state index in [2.05, 4.69) is 19.9 Å². The van der Waals surface area contributed by atoms with E-state index in [0.717, 1.165) is 11.4 Å². The lowest BCUT2D eigenvalue weighted by molar-refractivity contribution is 1.12. The van der Waals surface area contributed by atoms with Gasteiger partial charge in [-0.15, -0.1) is 0 Å². The van der Waals surface area contributed by atoms with Gasteiger partial charge in [0.1, 0.15) is 0 Å². The van der Waals surface area contributed by atoms with Crippen LogP contribution in [0.15, 0.2) is 73.6 Å². The topological polar surface area (TPSA) is 51.6 Å². The van der Waals surface area contributed by atoms with Crippen LogP contribution in [0.25, 0.3) is 0 Å². The van der Waals surface area contributed by atoms with Crippen molar-refractivity contribution in [2.45, 2.75) is 13.8 Å². The zero-order valence-corrected chi connectivity index (χ0v) is 11.7. The summed E-state index contributed by atoms with van der Waals surface area (Å²) < 4.78 is 0. The second-order valence-corrected chi connectivity index (χ2v) is 3.84. The van der Waals surface area contributed by atoms with Gasteiger partial charge in [0.15, 0.2) is 0 Å². The second kappa shape index (κ2) is 10.3. The molecule has 0 aliphatic carbocycles. The van der Waals surface area contributed by atoms with E-state index in [1.165, 1.54) is 0 Å². The Morgan fingerprint density at radius 1 is 0.550 bits per heavy atom. The van der Waals surface area contributed by atoms with Crippen molar-refractivity contribution in [3.8, 4) is 0 Å². The molecule has 0 atom stereocenters. The Bertz CT molecular complexity index is 454. The maximum Gasteiger partial charge on any atom is 0.0451 e. The van der Waals surface area contributed by atoms with Gasteiger partial charge in [0, 0.05) is 48.6 Å². The predicted molar refractivity (Wildman–Crippen MR) is 80.0 cm³/mol. The van der Waals surface area contributed by atoms with Crippen molar-refractivity contribution in [3.63, 3.8) is 0 Å². The summed E-state index contributed by atoms with van der Waals surface area (Å²) in [7, 11) is 0. The standard InChI is InChI=1S/C7H9N.C5H5N.C4H4N2/c1-6-4-3-5-7(2)8-6;1-2-4-6-5-3-1;1-2-6-4-3-5-1/h3-5H,1-2H3;1-5H;1-4H. The van der Waals surface area contributed by atoms with Crippen molar-refractivity contribution < 1.29 is 0 Å². The van der Waals surface area contributed by atoms with Gasteiger partial charge in [-0.1, -0.05) is 12.1 Å². The first kappa shape index (κ1) is 15.4. The molecule has 0 aliphatic heterocycles. The maximum absolute atomic E-state index is 4.17. The average Bonchev–Trinajstić information content (AvgIpc) is 2.52. The number of hydrogen-bond donors (Lipinski definition) is 0. The number of rotatable bonds is 0. The number of pyridine rings is 2. The molecule has 0 N–H and O–H groups in total. The number of aromatic nitrogens is 4. The Morgan fingerprint density at radius 2 is 1.00 bits per heavy atom. The normalized spacial score (nSPS) is 8.50. The Balaban J connectivity index is 0.000000152. The molecule has 3 aromatic heterocycles. The van der Waals surface area contributed by atoms with Crippen LogP contribution in [0.2, 0.25) is 0 Å². The van der Waals surface area contributed by atoms with E-state index in [4.69, 9.17) is 0 Å². The Kier molecular flexibility index (Phi) is 7.96. The van der Waals surface area contributed by atoms with Gasteiger partial charge in [0.25, 0.3) is 0 Å². The van der Waals surface area contributed by atoms with Crippen LogP contribution in [0.1, 0.15) is 11.4 Å². The van der Waals surface area contributed by atoms with Gasteiger partial charge >= 0.3 is 0 Å². The molecule has 0 saturated heterocycles. The molecule has 3 rings (SSSR count). The monoisotopic (exact) mass is 266 g/mol. The summed E-state index contributed by atoms with van der Waals surface area (Å²) in [5.41, 5.74) is 2.18. The molecule has 0 radical (unpaired) electrons. The van der Waals surface area contributed by atoms with Crippen molar-refractivity contribution in [1.82, 2.24) is 19.9 Å². The van der Waals surface area contributed by atoms with Crippen LogP contribution >= 0.6 is 0 Å². The molecule has 4 nitrogen and oxygen atoms in total. The molecule has 4 heteroatoms. The van der Waals surface area contributed by atoms with Gasteiger partial charge < -0.3 is 0 Å². The third kappa shape index (κ3) is 8.47. The second-order valence-electron chi connectivity index (χ2n) is 3.84. The van der Waals surface area contributed by atoms with Crippen LogP contribution in [0.3, 0.4) is 0 Å². The van der Waals surface area contributed by atoms with Gasteiger partial charge in [-0.3, -0.25) is 19.9 Å². The fourth-order valence-electron chi connectivity index (χ4n) is 1.25. The minimum Gasteiger partial charge on any atom is -0.265 e. The first-order chi connectivity index (χ1) is 9.79. The summed E-state index contributed by atoms with van der Waals surface area (Å²) in [4.78, 5) is 15.4. The Hall–Kier alpha value is -2.62. The first-order valence-electron chi connectivity index (χ1n) is 6.24. The van der Waals surface area contributed by atoms with E-state index in [0.29, 0.717) is 0 Å². The van der Waals surface area contributed by atoms with Gasteiger partial charge in [-0.25, -0.2) is 0 Å². The summed E-state index contributed by atoms with van der Waals surface area (Å²) in [6.07, 6.45) is 10.1. The van der Waals surface area contributed by atoms with Gasteiger partial charge in [-0.05, 0) is 38.1 Å². The molecule has 0 unspecified atom stereocenters. The SMILES string of the molecule is Cc1cccc(C)n1.c1ccncc1.c1cnccn1. The average molecular weight is 266 g/mol. The van der Waals surface area contributed by atoms with Crippen LogP contribution in [0.5, 0.6) is 0 Å². The van der Waals surface area contributed by atoms with Crippen LogP contribution in [-0.2, 0) is 0 Å². The third-order valence-electron chi connectivity index (χ3n) is 2.07. The third-order valence-corrected chi connectivity index (χ3v) is 2.07. The number of aryl methyl sites for hydroxylation is 2. The van der Waals surface area contributed by atoms with Crippen molar-refractivity contribution in [2.24, 2.45) is 0 Å². The molecular weight excluding hydrogens is 248 g/mol. The Morgan fingerprint density at radius 3 is 1.20 bits per heavy atom. The predicted octanol–water partition coefficient (Wildman–Crippen LogP) is 3.26. The smallest absolute Gasteiger partial charge is 0.0451 e. The molecule has 20 heavy (non-hydrogen) atoms. The molecule has 0 bridgehead atoms. The fourth-order valence-corrected chi connectivity index (χ4v) is 1.25. The van der Waals surface area contributed by atoms with E-state index >= 15 is 0 Å². The minimum atomic E-state index is 1.09. The first-order valence-corrected chi connectivity index (χ1v) is 6.24. The molecule has 0 spiro atoms. The van der Waals surface area contributed by atoms with Crippen molar-refractivity contribution in [2.75, 3.05) is 0 Å². The van der Waals surface area contributed by atoms with Gasteiger partial charge in [0.2, 0.25) is 0 Å². The van der Waals surface area contributed by atoms with Gasteiger partial charge in [-0.2, -0.15) is 0 Å². The van der Waals surface area contributed by atoms with Gasteiger partial charge in [0.05, 0.1) is 0 Å². The molecule has 0 fully saturated rings. The highest BCUT2D eigenvalue weighted by atomic mass is 14.7. The lowest BCUT2D eigenvalue weighted by Crippen LogP contribution is -1.81. The molecule has 3 aromatic rings. The summed E-state index contributed by atoms with van der Waals surface area (Å²) in [6.45, 7) is 3.99. The Labute approximate surface area is 119 Å². The molecule has 3 heterocycles. The number of hydrogen-bond acceptors (Lipinski definition) is 4. The molecule has 0 aliphatic rings. The van der Waals surface area contributed by atoms with Crippen LogP contribution in [0, 0.1) is 13.8 Å². The molecule has 0 aromatic carbocycles. The summed E-state index contributed by atoms with van der Waals surface area (Å²) >= 11 is 0.